The van der Waals surface area contributed by atoms with Crippen LogP contribution in [0.5, 0.6) is 5.75 Å². The van der Waals surface area contributed by atoms with Crippen molar-refractivity contribution in [2.24, 2.45) is 0 Å². The Hall–Kier alpha value is -3.07. The highest BCUT2D eigenvalue weighted by molar-refractivity contribution is 8.01. The number of para-hydroxylation sites is 1. The predicted octanol–water partition coefficient (Wildman–Crippen LogP) is 2.76. The molecule has 2 aromatic rings. The molecule has 162 valence electrons. The molecule has 0 saturated carbocycles. The molecule has 3 unspecified atom stereocenters. The Morgan fingerprint density at radius 1 is 1.29 bits per heavy atom. The Morgan fingerprint density at radius 3 is 2.61 bits per heavy atom. The Bertz CT molecular complexity index is 1000. The van der Waals surface area contributed by atoms with E-state index in [2.05, 4.69) is 12.2 Å². The number of benzene rings is 2. The molecule has 1 N–H and O–H groups in total. The monoisotopic (exact) mass is 441 g/mol. The summed E-state index contributed by atoms with van der Waals surface area (Å²) in [5.41, 5.74) is -0.371. The molecule has 2 aromatic carbocycles. The van der Waals surface area contributed by atoms with Crippen molar-refractivity contribution < 1.29 is 19.2 Å². The molecule has 2 heterocycles. The van der Waals surface area contributed by atoms with Gasteiger partial charge in [0.15, 0.2) is 11.6 Å². The van der Waals surface area contributed by atoms with Crippen molar-refractivity contribution in [3.05, 3.63) is 70.3 Å². The van der Waals surface area contributed by atoms with E-state index < -0.39 is 16.6 Å². The molecule has 0 bridgehead atoms. The first-order chi connectivity index (χ1) is 14.8. The van der Waals surface area contributed by atoms with E-state index in [0.29, 0.717) is 12.3 Å². The predicted molar refractivity (Wildman–Crippen MR) is 117 cm³/mol. The topological polar surface area (TPSA) is 102 Å². The molecule has 0 radical (unpaired) electrons. The zero-order chi connectivity index (χ0) is 22.2. The fraction of sp³-hybridized carbons (Fsp3) is 0.364. The van der Waals surface area contributed by atoms with Gasteiger partial charge in [0.1, 0.15) is 11.1 Å². The van der Waals surface area contributed by atoms with E-state index in [1.807, 2.05) is 18.2 Å². The van der Waals surface area contributed by atoms with Gasteiger partial charge in [0.25, 0.3) is 17.5 Å². The van der Waals surface area contributed by atoms with Crippen LogP contribution in [0.4, 0.5) is 5.69 Å². The quantitative estimate of drug-likeness (QED) is 0.403. The number of carbonyl (C=O) groups excluding carboxylic acids is 2. The third-order valence-electron chi connectivity index (χ3n) is 5.56. The fourth-order valence-corrected chi connectivity index (χ4v) is 5.53. The number of ether oxygens (including phenoxy) is 1. The third kappa shape index (κ3) is 3.97. The maximum absolute atomic E-state index is 13.2. The van der Waals surface area contributed by atoms with Crippen molar-refractivity contribution in [3.63, 3.8) is 0 Å². The van der Waals surface area contributed by atoms with E-state index in [9.17, 15) is 19.7 Å². The zero-order valence-electron chi connectivity index (χ0n) is 17.2. The van der Waals surface area contributed by atoms with Crippen molar-refractivity contribution >= 4 is 29.3 Å². The van der Waals surface area contributed by atoms with Gasteiger partial charge < -0.3 is 15.0 Å². The summed E-state index contributed by atoms with van der Waals surface area (Å²) in [4.78, 5) is 38.4. The van der Waals surface area contributed by atoms with Gasteiger partial charge in [0.05, 0.1) is 4.92 Å². The Morgan fingerprint density at radius 2 is 1.97 bits per heavy atom. The first-order valence-corrected chi connectivity index (χ1v) is 11.0. The summed E-state index contributed by atoms with van der Waals surface area (Å²) in [5, 5.41) is 14.0. The smallest absolute Gasteiger partial charge is 0.269 e. The first-order valence-electron chi connectivity index (χ1n) is 10.0. The Balaban J connectivity index is 1.55. The van der Waals surface area contributed by atoms with Crippen LogP contribution in [-0.2, 0) is 16.0 Å². The van der Waals surface area contributed by atoms with Gasteiger partial charge in [-0.2, -0.15) is 0 Å². The average molecular weight is 442 g/mol. The molecule has 2 fully saturated rings. The van der Waals surface area contributed by atoms with Gasteiger partial charge in [-0.05, 0) is 24.6 Å². The zero-order valence-corrected chi connectivity index (χ0v) is 18.0. The van der Waals surface area contributed by atoms with Crippen LogP contribution in [0, 0.1) is 10.1 Å². The number of nitro benzene ring substituents is 1. The fourth-order valence-electron chi connectivity index (χ4n) is 4.03. The van der Waals surface area contributed by atoms with E-state index in [1.54, 1.807) is 47.9 Å². The second kappa shape index (κ2) is 8.22. The number of non-ortho nitro benzene ring substituents is 1. The van der Waals surface area contributed by atoms with Crippen LogP contribution in [0.1, 0.15) is 19.4 Å². The molecule has 8 nitrogen and oxygen atoms in total. The molecule has 31 heavy (non-hydrogen) atoms. The van der Waals surface area contributed by atoms with E-state index in [4.69, 9.17) is 4.74 Å². The van der Waals surface area contributed by atoms with Crippen LogP contribution in [0.25, 0.3) is 0 Å². The van der Waals surface area contributed by atoms with Crippen molar-refractivity contribution in [2.45, 2.75) is 42.5 Å². The third-order valence-corrected chi connectivity index (χ3v) is 7.09. The maximum atomic E-state index is 13.2. The highest BCUT2D eigenvalue weighted by Gasteiger charge is 2.64. The molecule has 0 spiro atoms. The minimum Gasteiger partial charge on any atom is -0.481 e. The number of hydrogen-bond donors (Lipinski definition) is 1. The lowest BCUT2D eigenvalue weighted by molar-refractivity contribution is -0.384. The van der Waals surface area contributed by atoms with Gasteiger partial charge in [-0.1, -0.05) is 37.3 Å². The molecular weight excluding hydrogens is 418 g/mol. The minimum absolute atomic E-state index is 0.0165. The summed E-state index contributed by atoms with van der Waals surface area (Å²) in [6.45, 7) is 4.34. The van der Waals surface area contributed by atoms with Crippen LogP contribution in [0.15, 0.2) is 54.6 Å². The van der Waals surface area contributed by atoms with Crippen LogP contribution in [-0.4, -0.2) is 50.4 Å². The average Bonchev–Trinajstić information content (AvgIpc) is 3.13. The number of fused-ring (bicyclic) bond motifs is 1. The number of hydrogen-bond acceptors (Lipinski definition) is 6. The minimum atomic E-state index is -1.10. The van der Waals surface area contributed by atoms with Crippen molar-refractivity contribution in [1.82, 2.24) is 10.2 Å². The maximum Gasteiger partial charge on any atom is 0.269 e. The highest BCUT2D eigenvalue weighted by Crippen LogP contribution is 2.47. The molecule has 0 aromatic heterocycles. The lowest BCUT2D eigenvalue weighted by Gasteiger charge is -2.52. The number of β-lactam (4-membered cyclic amide) rings is 1. The lowest BCUT2D eigenvalue weighted by Crippen LogP contribution is -2.79. The number of carbonyl (C=O) groups is 2. The van der Waals surface area contributed by atoms with Crippen molar-refractivity contribution in [3.8, 4) is 5.75 Å². The number of nitrogens with zero attached hydrogens (tertiary/aromatic N) is 2. The summed E-state index contributed by atoms with van der Waals surface area (Å²) in [5.74, 6) is 0.0619. The Labute approximate surface area is 184 Å². The first kappa shape index (κ1) is 21.2. The van der Waals surface area contributed by atoms with Crippen LogP contribution in [0.2, 0.25) is 0 Å². The number of rotatable bonds is 7. The SMILES string of the molecule is CC1CN2C(=O)C(Cc3ccc([N+](=O)[O-])cc3)(NC(=O)C(C)Oc3ccccc3)[C@@H]2S1. The molecule has 2 amide bonds. The van der Waals surface area contributed by atoms with E-state index in [0.717, 1.165) is 5.56 Å². The van der Waals surface area contributed by atoms with Crippen molar-refractivity contribution in [2.75, 3.05) is 6.54 Å². The van der Waals surface area contributed by atoms with Gasteiger partial charge in [-0.15, -0.1) is 11.8 Å². The number of amides is 2. The summed E-state index contributed by atoms with van der Waals surface area (Å²) in [6.07, 6.45) is -0.532. The number of nitro groups is 1. The van der Waals surface area contributed by atoms with E-state index >= 15 is 0 Å². The van der Waals surface area contributed by atoms with Gasteiger partial charge in [-0.25, -0.2) is 0 Å². The van der Waals surface area contributed by atoms with Crippen LogP contribution < -0.4 is 10.1 Å². The number of thioether (sulfide) groups is 1. The van der Waals surface area contributed by atoms with E-state index in [-0.39, 0.29) is 34.5 Å². The summed E-state index contributed by atoms with van der Waals surface area (Å²) in [6, 6.07) is 15.1. The van der Waals surface area contributed by atoms with Gasteiger partial charge in [0, 0.05) is 30.3 Å². The lowest BCUT2D eigenvalue weighted by atomic mass is 9.81. The second-order valence-corrected chi connectivity index (χ2v) is 9.41. The molecule has 4 rings (SSSR count). The standard InChI is InChI=1S/C22H23N3O5S/c1-14-13-24-20(27)22(21(24)31-14,12-16-8-10-17(11-9-16)25(28)29)23-19(26)15(2)30-18-6-4-3-5-7-18/h3-11,14-15,21H,12-13H2,1-2H3,(H,23,26)/t14?,15?,21-,22?/m0/s1. The molecule has 4 atom stereocenters. The second-order valence-electron chi connectivity index (χ2n) is 7.89. The van der Waals surface area contributed by atoms with Gasteiger partial charge >= 0.3 is 0 Å². The Kier molecular flexibility index (Phi) is 5.62. The van der Waals surface area contributed by atoms with Gasteiger partial charge in [-0.3, -0.25) is 19.7 Å². The normalized spacial score (nSPS) is 25.4. The summed E-state index contributed by atoms with van der Waals surface area (Å²) < 4.78 is 5.73. The highest BCUT2D eigenvalue weighted by atomic mass is 32.2. The molecule has 0 aliphatic carbocycles. The number of nitrogens with one attached hydrogen (secondary N) is 1. The summed E-state index contributed by atoms with van der Waals surface area (Å²) >= 11 is 1.65. The molecule has 2 aliphatic heterocycles. The molecule has 2 aliphatic rings. The van der Waals surface area contributed by atoms with Crippen LogP contribution in [0.3, 0.4) is 0 Å². The molecule has 9 heteroatoms. The van der Waals surface area contributed by atoms with Crippen molar-refractivity contribution in [1.29, 1.82) is 0 Å². The van der Waals surface area contributed by atoms with Crippen LogP contribution >= 0.6 is 11.8 Å². The summed E-state index contributed by atoms with van der Waals surface area (Å²) in [7, 11) is 0. The van der Waals surface area contributed by atoms with Gasteiger partial charge in [0.2, 0.25) is 0 Å². The molecule has 2 saturated heterocycles. The van der Waals surface area contributed by atoms with E-state index in [1.165, 1.54) is 12.1 Å². The molecular formula is C22H23N3O5S. The largest absolute Gasteiger partial charge is 0.481 e.